The van der Waals surface area contributed by atoms with Crippen LogP contribution in [0.25, 0.3) is 0 Å². The summed E-state index contributed by atoms with van der Waals surface area (Å²) in [4.78, 5) is 11.4. The second-order valence-corrected chi connectivity index (χ2v) is 7.34. The molecule has 2 rings (SSSR count). The van der Waals surface area contributed by atoms with Crippen LogP contribution < -0.4 is 10.0 Å². The molecule has 1 fully saturated rings. The molecule has 0 radical (unpaired) electrons. The third-order valence-electron chi connectivity index (χ3n) is 3.60. The van der Waals surface area contributed by atoms with Gasteiger partial charge in [0.05, 0.1) is 17.7 Å². The van der Waals surface area contributed by atoms with Crippen LogP contribution >= 0.6 is 11.6 Å². The smallest absolute Gasteiger partial charge is 0.337 e. The molecular weight excluding hydrogens is 328 g/mol. The predicted octanol–water partition coefficient (Wildman–Crippen LogP) is 1.40. The number of hydrogen-bond donors (Lipinski definition) is 2. The Kier molecular flexibility index (Phi) is 5.80. The van der Waals surface area contributed by atoms with Crippen molar-refractivity contribution in [1.82, 2.24) is 10.0 Å². The van der Waals surface area contributed by atoms with Crippen LogP contribution in [-0.2, 0) is 14.8 Å². The Morgan fingerprint density at radius 3 is 2.86 bits per heavy atom. The lowest BCUT2D eigenvalue weighted by Gasteiger charge is -2.23. The maximum Gasteiger partial charge on any atom is 0.337 e. The van der Waals surface area contributed by atoms with E-state index >= 15 is 0 Å². The summed E-state index contributed by atoms with van der Waals surface area (Å²) in [5.74, 6) is -0.288. The first-order valence-electron chi connectivity index (χ1n) is 7.02. The van der Waals surface area contributed by atoms with Crippen molar-refractivity contribution >= 4 is 27.6 Å². The molecule has 0 saturated carbocycles. The predicted molar refractivity (Wildman–Crippen MR) is 83.6 cm³/mol. The molecule has 122 valence electrons. The van der Waals surface area contributed by atoms with Crippen molar-refractivity contribution in [2.45, 2.75) is 17.7 Å². The first-order chi connectivity index (χ1) is 10.4. The number of methoxy groups -OCH3 is 1. The van der Waals surface area contributed by atoms with Crippen LogP contribution in [0.4, 0.5) is 0 Å². The molecule has 1 unspecified atom stereocenters. The minimum Gasteiger partial charge on any atom is -0.465 e. The number of rotatable bonds is 5. The van der Waals surface area contributed by atoms with Gasteiger partial charge in [-0.2, -0.15) is 0 Å². The Balaban J connectivity index is 2.09. The van der Waals surface area contributed by atoms with Gasteiger partial charge in [-0.1, -0.05) is 11.6 Å². The summed E-state index contributed by atoms with van der Waals surface area (Å²) >= 11 is 6.00. The van der Waals surface area contributed by atoms with E-state index in [1.165, 1.54) is 25.3 Å². The molecule has 1 saturated heterocycles. The fourth-order valence-electron chi connectivity index (χ4n) is 2.37. The van der Waals surface area contributed by atoms with Crippen LogP contribution in [0.2, 0.25) is 5.02 Å². The van der Waals surface area contributed by atoms with Crippen LogP contribution in [0.3, 0.4) is 0 Å². The van der Waals surface area contributed by atoms with E-state index in [1.54, 1.807) is 0 Å². The van der Waals surface area contributed by atoms with Gasteiger partial charge in [-0.15, -0.1) is 0 Å². The largest absolute Gasteiger partial charge is 0.465 e. The molecule has 1 atom stereocenters. The number of esters is 1. The number of piperidine rings is 1. The molecule has 0 bridgehead atoms. The number of carbonyl (C=O) groups excluding carboxylic acids is 1. The van der Waals surface area contributed by atoms with Crippen molar-refractivity contribution in [3.8, 4) is 0 Å². The molecule has 1 aromatic rings. The summed E-state index contributed by atoms with van der Waals surface area (Å²) in [7, 11) is -2.45. The van der Waals surface area contributed by atoms with Crippen LogP contribution in [0, 0.1) is 5.92 Å². The average molecular weight is 347 g/mol. The number of ether oxygens (including phenoxy) is 1. The van der Waals surface area contributed by atoms with Crippen LogP contribution in [-0.4, -0.2) is 41.1 Å². The first kappa shape index (κ1) is 17.2. The minimum absolute atomic E-state index is 0.00262. The van der Waals surface area contributed by atoms with Gasteiger partial charge >= 0.3 is 5.97 Å². The number of carbonyl (C=O) groups is 1. The molecule has 1 aliphatic heterocycles. The Labute approximate surface area is 135 Å². The van der Waals surface area contributed by atoms with Crippen molar-refractivity contribution in [3.63, 3.8) is 0 Å². The van der Waals surface area contributed by atoms with Crippen molar-refractivity contribution < 1.29 is 17.9 Å². The topological polar surface area (TPSA) is 84.5 Å². The fraction of sp³-hybridized carbons (Fsp3) is 0.500. The van der Waals surface area contributed by atoms with Crippen LogP contribution in [0.15, 0.2) is 23.1 Å². The Morgan fingerprint density at radius 1 is 1.50 bits per heavy atom. The zero-order valence-electron chi connectivity index (χ0n) is 12.3. The molecule has 22 heavy (non-hydrogen) atoms. The van der Waals surface area contributed by atoms with Gasteiger partial charge in [-0.05, 0) is 50.0 Å². The lowest BCUT2D eigenvalue weighted by Crippen LogP contribution is -2.38. The highest BCUT2D eigenvalue weighted by Gasteiger charge is 2.22. The Bertz CT molecular complexity index is 642. The third-order valence-corrected chi connectivity index (χ3v) is 5.51. The maximum atomic E-state index is 12.3. The van der Waals surface area contributed by atoms with Gasteiger partial charge in [0, 0.05) is 6.54 Å². The minimum atomic E-state index is -3.70. The molecule has 1 aromatic carbocycles. The van der Waals surface area contributed by atoms with Crippen LogP contribution in [0.5, 0.6) is 0 Å². The molecule has 0 aromatic heterocycles. The summed E-state index contributed by atoms with van der Waals surface area (Å²) < 4.78 is 31.8. The molecule has 0 aliphatic carbocycles. The van der Waals surface area contributed by atoms with Crippen molar-refractivity contribution in [3.05, 3.63) is 28.8 Å². The molecule has 2 N–H and O–H groups in total. The van der Waals surface area contributed by atoms with Gasteiger partial charge in [0.25, 0.3) is 0 Å². The van der Waals surface area contributed by atoms with E-state index in [0.717, 1.165) is 25.9 Å². The van der Waals surface area contributed by atoms with Gasteiger partial charge in [0.2, 0.25) is 10.0 Å². The van der Waals surface area contributed by atoms with Crippen molar-refractivity contribution in [2.75, 3.05) is 26.7 Å². The van der Waals surface area contributed by atoms with E-state index in [0.29, 0.717) is 6.54 Å². The average Bonchev–Trinajstić information content (AvgIpc) is 2.53. The summed E-state index contributed by atoms with van der Waals surface area (Å²) in [6.07, 6.45) is 2.03. The summed E-state index contributed by atoms with van der Waals surface area (Å²) in [6, 6.07) is 3.99. The molecule has 0 amide bonds. The summed E-state index contributed by atoms with van der Waals surface area (Å²) in [5, 5.41) is 3.23. The number of sulfonamides is 1. The zero-order chi connectivity index (χ0) is 16.2. The molecule has 1 heterocycles. The number of halogens is 1. The zero-order valence-corrected chi connectivity index (χ0v) is 13.8. The first-order valence-corrected chi connectivity index (χ1v) is 8.88. The summed E-state index contributed by atoms with van der Waals surface area (Å²) in [6.45, 7) is 2.14. The fourth-order valence-corrected chi connectivity index (χ4v) is 4.03. The van der Waals surface area contributed by atoms with Gasteiger partial charge in [0.1, 0.15) is 4.90 Å². The highest BCUT2D eigenvalue weighted by atomic mass is 35.5. The highest BCUT2D eigenvalue weighted by molar-refractivity contribution is 7.89. The maximum absolute atomic E-state index is 12.3. The van der Waals surface area contributed by atoms with Gasteiger partial charge in [0.15, 0.2) is 0 Å². The Morgan fingerprint density at radius 2 is 2.27 bits per heavy atom. The highest BCUT2D eigenvalue weighted by Crippen LogP contribution is 2.23. The van der Waals surface area contributed by atoms with Crippen molar-refractivity contribution in [1.29, 1.82) is 0 Å². The van der Waals surface area contributed by atoms with E-state index in [-0.39, 0.29) is 21.4 Å². The van der Waals surface area contributed by atoms with E-state index in [9.17, 15) is 13.2 Å². The van der Waals surface area contributed by atoms with E-state index in [2.05, 4.69) is 14.8 Å². The molecule has 6 nitrogen and oxygen atoms in total. The standard InChI is InChI=1S/C14H19ClN2O4S/c1-21-14(18)11-4-5-13(12(15)7-11)22(19,20)17-9-10-3-2-6-16-8-10/h4-5,7,10,16-17H,2-3,6,8-9H2,1H3. The number of benzene rings is 1. The lowest BCUT2D eigenvalue weighted by atomic mass is 10.0. The van der Waals surface area contributed by atoms with Gasteiger partial charge in [-0.3, -0.25) is 0 Å². The molecular formula is C14H19ClN2O4S. The normalized spacial score (nSPS) is 18.9. The van der Waals surface area contributed by atoms with Crippen molar-refractivity contribution in [2.24, 2.45) is 5.92 Å². The van der Waals surface area contributed by atoms with Crippen LogP contribution in [0.1, 0.15) is 23.2 Å². The monoisotopic (exact) mass is 346 g/mol. The van der Waals surface area contributed by atoms with Gasteiger partial charge in [-0.25, -0.2) is 17.9 Å². The molecule has 1 aliphatic rings. The molecule has 0 spiro atoms. The third kappa shape index (κ3) is 4.19. The van der Waals surface area contributed by atoms with E-state index in [4.69, 9.17) is 11.6 Å². The summed E-state index contributed by atoms with van der Waals surface area (Å²) in [5.41, 5.74) is 0.211. The SMILES string of the molecule is COC(=O)c1ccc(S(=O)(=O)NCC2CCCNC2)c(Cl)c1. The second kappa shape index (κ2) is 7.41. The quantitative estimate of drug-likeness (QED) is 0.787. The molecule has 8 heteroatoms. The number of hydrogen-bond acceptors (Lipinski definition) is 5. The van der Waals surface area contributed by atoms with Gasteiger partial charge < -0.3 is 10.1 Å². The van der Waals surface area contributed by atoms with E-state index in [1.807, 2.05) is 0 Å². The lowest BCUT2D eigenvalue weighted by molar-refractivity contribution is 0.0600. The van der Waals surface area contributed by atoms with E-state index < -0.39 is 16.0 Å². The number of nitrogens with one attached hydrogen (secondary N) is 2. The Hall–Kier alpha value is -1.15. The second-order valence-electron chi connectivity index (χ2n) is 5.20.